The number of rotatable bonds is 7. The zero-order chi connectivity index (χ0) is 25.2. The normalized spacial score (nSPS) is 15.1. The Morgan fingerprint density at radius 2 is 1.83 bits per heavy atom. The summed E-state index contributed by atoms with van der Waals surface area (Å²) >= 11 is 6.37. The van der Waals surface area contributed by atoms with Crippen LogP contribution in [-0.2, 0) is 22.6 Å². The molecule has 0 saturated heterocycles. The Morgan fingerprint density at radius 3 is 2.67 bits per heavy atom. The molecule has 1 unspecified atom stereocenters. The minimum Gasteiger partial charge on any atom is -0.482 e. The predicted molar refractivity (Wildman–Crippen MR) is 140 cm³/mol. The molecule has 1 atom stereocenters. The topological polar surface area (TPSA) is 71.8 Å². The van der Waals surface area contributed by atoms with Crippen molar-refractivity contribution in [2.75, 3.05) is 13.2 Å². The van der Waals surface area contributed by atoms with Gasteiger partial charge in [0.2, 0.25) is 5.91 Å². The lowest BCUT2D eigenvalue weighted by atomic mass is 9.87. The number of carbonyl (C=O) groups is 2. The number of para-hydroxylation sites is 1. The predicted octanol–water partition coefficient (Wildman–Crippen LogP) is 5.63. The Bertz CT molecular complexity index is 1440. The van der Waals surface area contributed by atoms with E-state index in [0.29, 0.717) is 35.8 Å². The summed E-state index contributed by atoms with van der Waals surface area (Å²) in [6.45, 7) is 2.72. The van der Waals surface area contributed by atoms with Crippen molar-refractivity contribution in [3.63, 3.8) is 0 Å². The molecule has 0 saturated carbocycles. The zero-order valence-electron chi connectivity index (χ0n) is 20.0. The summed E-state index contributed by atoms with van der Waals surface area (Å²) in [5.41, 5.74) is 5.14. The molecule has 1 aliphatic heterocycles. The molecule has 7 heteroatoms. The van der Waals surface area contributed by atoms with Gasteiger partial charge in [0.05, 0.1) is 6.04 Å². The summed E-state index contributed by atoms with van der Waals surface area (Å²) in [5.74, 6) is -0.635. The van der Waals surface area contributed by atoms with Gasteiger partial charge in [-0.2, -0.15) is 0 Å². The third kappa shape index (κ3) is 4.69. The van der Waals surface area contributed by atoms with Gasteiger partial charge in [-0.25, -0.2) is 4.79 Å². The molecule has 3 aromatic carbocycles. The maximum atomic E-state index is 13.7. The molecule has 1 aliphatic rings. The van der Waals surface area contributed by atoms with Crippen molar-refractivity contribution >= 4 is 34.4 Å². The SMILES string of the molecule is Cc1cn(CCC(=O)N2CCc3ccccc3C2c2cc(Cl)ccc2OCC(=O)O)c2ccccc12. The second kappa shape index (κ2) is 10.1. The van der Waals surface area contributed by atoms with Crippen LogP contribution < -0.4 is 4.74 Å². The van der Waals surface area contributed by atoms with Gasteiger partial charge in [-0.3, -0.25) is 4.79 Å². The minimum atomic E-state index is -1.07. The van der Waals surface area contributed by atoms with Crippen LogP contribution in [0.25, 0.3) is 10.9 Å². The van der Waals surface area contributed by atoms with Crippen LogP contribution in [0.4, 0.5) is 0 Å². The van der Waals surface area contributed by atoms with Gasteiger partial charge in [0.15, 0.2) is 6.61 Å². The molecule has 0 bridgehead atoms. The third-order valence-corrected chi connectivity index (χ3v) is 7.01. The lowest BCUT2D eigenvalue weighted by molar-refractivity contribution is -0.139. The number of halogens is 1. The molecule has 1 amide bonds. The number of carboxylic acids is 1. The number of benzene rings is 3. The van der Waals surface area contributed by atoms with Crippen LogP contribution in [0.2, 0.25) is 5.02 Å². The average Bonchev–Trinajstić information content (AvgIpc) is 3.21. The second-order valence-corrected chi connectivity index (χ2v) is 9.51. The summed E-state index contributed by atoms with van der Waals surface area (Å²) < 4.78 is 7.77. The van der Waals surface area contributed by atoms with Gasteiger partial charge in [0.1, 0.15) is 5.75 Å². The number of carbonyl (C=O) groups excluding carboxylic acids is 1. The van der Waals surface area contributed by atoms with E-state index >= 15 is 0 Å². The number of fused-ring (bicyclic) bond motifs is 2. The van der Waals surface area contributed by atoms with Crippen LogP contribution in [0.5, 0.6) is 5.75 Å². The maximum Gasteiger partial charge on any atom is 0.341 e. The van der Waals surface area contributed by atoms with E-state index in [2.05, 4.69) is 35.9 Å². The number of aryl methyl sites for hydroxylation is 2. The maximum absolute atomic E-state index is 13.7. The van der Waals surface area contributed by atoms with E-state index in [-0.39, 0.29) is 5.91 Å². The van der Waals surface area contributed by atoms with Crippen molar-refractivity contribution in [2.45, 2.75) is 32.4 Å². The molecule has 6 nitrogen and oxygen atoms in total. The molecule has 5 rings (SSSR count). The molecule has 1 aromatic heterocycles. The van der Waals surface area contributed by atoms with E-state index in [0.717, 1.165) is 23.1 Å². The lowest BCUT2D eigenvalue weighted by Crippen LogP contribution is -2.41. The zero-order valence-corrected chi connectivity index (χ0v) is 20.7. The molecular weight excluding hydrogens is 476 g/mol. The Balaban J connectivity index is 1.48. The van der Waals surface area contributed by atoms with Crippen molar-refractivity contribution in [2.24, 2.45) is 0 Å². The number of hydrogen-bond donors (Lipinski definition) is 1. The standard InChI is InChI=1S/C29H27ClN2O4/c1-19-17-31(25-9-5-4-7-22(19)25)14-13-27(33)32-15-12-20-6-2-3-8-23(20)29(32)24-16-21(30)10-11-26(24)36-18-28(34)35/h2-11,16-17,29H,12-15,18H2,1H3,(H,34,35). The molecule has 1 N–H and O–H groups in total. The number of carboxylic acid groups (broad SMARTS) is 1. The number of amides is 1. The molecule has 2 heterocycles. The van der Waals surface area contributed by atoms with E-state index in [9.17, 15) is 9.59 Å². The molecule has 36 heavy (non-hydrogen) atoms. The van der Waals surface area contributed by atoms with Crippen LogP contribution in [0.1, 0.15) is 34.7 Å². The van der Waals surface area contributed by atoms with E-state index in [1.165, 1.54) is 10.9 Å². The second-order valence-electron chi connectivity index (χ2n) is 9.08. The van der Waals surface area contributed by atoms with Crippen molar-refractivity contribution in [1.82, 2.24) is 9.47 Å². The number of ether oxygens (including phenoxy) is 1. The smallest absolute Gasteiger partial charge is 0.341 e. The first kappa shape index (κ1) is 23.9. The highest BCUT2D eigenvalue weighted by molar-refractivity contribution is 6.30. The van der Waals surface area contributed by atoms with E-state index in [4.69, 9.17) is 21.4 Å². The van der Waals surface area contributed by atoms with Gasteiger partial charge >= 0.3 is 5.97 Å². The Hall–Kier alpha value is -3.77. The van der Waals surface area contributed by atoms with Crippen LogP contribution >= 0.6 is 11.6 Å². The van der Waals surface area contributed by atoms with Crippen LogP contribution in [0.15, 0.2) is 72.9 Å². The number of aromatic nitrogens is 1. The highest BCUT2D eigenvalue weighted by Crippen LogP contribution is 2.41. The molecular formula is C29H27ClN2O4. The summed E-state index contributed by atoms with van der Waals surface area (Å²) in [4.78, 5) is 26.8. The number of aliphatic carboxylic acids is 1. The quantitative estimate of drug-likeness (QED) is 0.355. The van der Waals surface area contributed by atoms with Gasteiger partial charge in [-0.05, 0) is 54.3 Å². The highest BCUT2D eigenvalue weighted by Gasteiger charge is 2.34. The Morgan fingerprint density at radius 1 is 1.06 bits per heavy atom. The summed E-state index contributed by atoms with van der Waals surface area (Å²) in [6.07, 6.45) is 3.17. The van der Waals surface area contributed by atoms with Crippen molar-refractivity contribution < 1.29 is 19.4 Å². The molecule has 184 valence electrons. The van der Waals surface area contributed by atoms with Crippen molar-refractivity contribution in [3.05, 3.63) is 100 Å². The first-order valence-corrected chi connectivity index (χ1v) is 12.4. The molecule has 0 spiro atoms. The minimum absolute atomic E-state index is 0.0223. The Labute approximate surface area is 214 Å². The fourth-order valence-electron chi connectivity index (χ4n) is 5.15. The van der Waals surface area contributed by atoms with Crippen molar-refractivity contribution in [3.8, 4) is 5.75 Å². The first-order valence-electron chi connectivity index (χ1n) is 12.0. The molecule has 0 radical (unpaired) electrons. The number of nitrogens with zero attached hydrogens (tertiary/aromatic N) is 2. The average molecular weight is 503 g/mol. The highest BCUT2D eigenvalue weighted by atomic mass is 35.5. The largest absolute Gasteiger partial charge is 0.482 e. The van der Waals surface area contributed by atoms with E-state index in [1.54, 1.807) is 18.2 Å². The molecule has 0 fully saturated rings. The lowest BCUT2D eigenvalue weighted by Gasteiger charge is -2.38. The van der Waals surface area contributed by atoms with E-state index in [1.807, 2.05) is 35.2 Å². The third-order valence-electron chi connectivity index (χ3n) is 6.78. The molecule has 0 aliphatic carbocycles. The summed E-state index contributed by atoms with van der Waals surface area (Å²) in [5, 5.41) is 10.9. The van der Waals surface area contributed by atoms with Gasteiger partial charge in [-0.15, -0.1) is 0 Å². The fraction of sp³-hybridized carbons (Fsp3) is 0.241. The number of hydrogen-bond acceptors (Lipinski definition) is 3. The Kier molecular flexibility index (Phi) is 6.70. The van der Waals surface area contributed by atoms with Gasteiger partial charge in [0, 0.05) is 47.2 Å². The van der Waals surface area contributed by atoms with Gasteiger partial charge in [0.25, 0.3) is 0 Å². The fourth-order valence-corrected chi connectivity index (χ4v) is 5.33. The summed E-state index contributed by atoms with van der Waals surface area (Å²) in [6, 6.07) is 20.9. The van der Waals surface area contributed by atoms with Crippen LogP contribution in [0, 0.1) is 6.92 Å². The first-order chi connectivity index (χ1) is 17.4. The molecule has 4 aromatic rings. The van der Waals surface area contributed by atoms with Gasteiger partial charge in [-0.1, -0.05) is 54.1 Å². The summed E-state index contributed by atoms with van der Waals surface area (Å²) in [7, 11) is 0. The van der Waals surface area contributed by atoms with Crippen LogP contribution in [0.3, 0.4) is 0 Å². The van der Waals surface area contributed by atoms with E-state index < -0.39 is 18.6 Å². The van der Waals surface area contributed by atoms with Crippen LogP contribution in [-0.4, -0.2) is 39.6 Å². The van der Waals surface area contributed by atoms with Gasteiger partial charge < -0.3 is 19.3 Å². The van der Waals surface area contributed by atoms with Crippen molar-refractivity contribution in [1.29, 1.82) is 0 Å². The monoisotopic (exact) mass is 502 g/mol.